The Morgan fingerprint density at radius 1 is 1.22 bits per heavy atom. The number of hydrogen-bond acceptors (Lipinski definition) is 4. The molecule has 0 amide bonds. The van der Waals surface area contributed by atoms with Gasteiger partial charge in [-0.25, -0.2) is 4.98 Å². The number of pyridine rings is 1. The maximum absolute atomic E-state index is 9.26. The summed E-state index contributed by atoms with van der Waals surface area (Å²) in [5.41, 5.74) is 3.00. The van der Waals surface area contributed by atoms with Gasteiger partial charge in [0.1, 0.15) is 0 Å². The van der Waals surface area contributed by atoms with Crippen molar-refractivity contribution in [1.29, 1.82) is 0 Å². The van der Waals surface area contributed by atoms with E-state index in [9.17, 15) is 5.11 Å². The number of aliphatic hydroxyl groups excluding tert-OH is 1. The van der Waals surface area contributed by atoms with Crippen LogP contribution < -0.4 is 4.90 Å². The first-order valence-electron chi connectivity index (χ1n) is 7.66. The van der Waals surface area contributed by atoms with Gasteiger partial charge >= 0.3 is 0 Å². The van der Waals surface area contributed by atoms with Crippen molar-refractivity contribution < 1.29 is 5.11 Å². The summed E-state index contributed by atoms with van der Waals surface area (Å²) in [6.07, 6.45) is 1.78. The molecule has 0 radical (unpaired) electrons. The smallest absolute Gasteiger partial charge is 0.208 e. The molecule has 1 saturated heterocycles. The van der Waals surface area contributed by atoms with E-state index in [-0.39, 0.29) is 6.61 Å². The Morgan fingerprint density at radius 2 is 2.00 bits per heavy atom. The molecular formula is C17H17BrN4O. The monoisotopic (exact) mass is 372 g/mol. The van der Waals surface area contributed by atoms with Gasteiger partial charge < -0.3 is 14.6 Å². The summed E-state index contributed by atoms with van der Waals surface area (Å²) in [7, 11) is 0. The molecule has 1 aromatic carbocycles. The van der Waals surface area contributed by atoms with Crippen LogP contribution in [0.15, 0.2) is 47.1 Å². The zero-order chi connectivity index (χ0) is 15.8. The molecule has 5 nitrogen and oxygen atoms in total. The highest BCUT2D eigenvalue weighted by atomic mass is 79.9. The number of hydrogen-bond donors (Lipinski definition) is 1. The molecule has 0 bridgehead atoms. The minimum Gasteiger partial charge on any atom is -0.396 e. The predicted molar refractivity (Wildman–Crippen MR) is 93.6 cm³/mol. The first kappa shape index (κ1) is 14.7. The average Bonchev–Trinajstić information content (AvgIpc) is 2.85. The summed E-state index contributed by atoms with van der Waals surface area (Å²) in [6, 6.07) is 12.4. The van der Waals surface area contributed by atoms with E-state index in [4.69, 9.17) is 4.98 Å². The van der Waals surface area contributed by atoms with Crippen LogP contribution in [0.4, 0.5) is 5.95 Å². The van der Waals surface area contributed by atoms with Crippen molar-refractivity contribution >= 4 is 33.0 Å². The van der Waals surface area contributed by atoms with Crippen LogP contribution in [0.5, 0.6) is 0 Å². The summed E-state index contributed by atoms with van der Waals surface area (Å²) in [6.45, 7) is 2.68. The van der Waals surface area contributed by atoms with Gasteiger partial charge in [-0.2, -0.15) is 4.98 Å². The Balaban J connectivity index is 1.77. The lowest BCUT2D eigenvalue weighted by molar-refractivity contribution is 0.199. The van der Waals surface area contributed by atoms with Crippen LogP contribution >= 0.6 is 15.9 Å². The first-order valence-corrected chi connectivity index (χ1v) is 8.45. The fraction of sp³-hybridized carbons (Fsp3) is 0.294. The third-order valence-electron chi connectivity index (χ3n) is 4.23. The van der Waals surface area contributed by atoms with Gasteiger partial charge in [0.2, 0.25) is 5.95 Å². The quantitative estimate of drug-likeness (QED) is 0.764. The molecule has 23 heavy (non-hydrogen) atoms. The number of imidazole rings is 1. The van der Waals surface area contributed by atoms with E-state index >= 15 is 0 Å². The van der Waals surface area contributed by atoms with E-state index in [0.29, 0.717) is 5.92 Å². The summed E-state index contributed by atoms with van der Waals surface area (Å²) in [5.74, 6) is 1.28. The molecule has 0 aliphatic carbocycles. The first-order chi connectivity index (χ1) is 11.2. The molecule has 1 fully saturated rings. The molecule has 0 unspecified atom stereocenters. The molecule has 0 saturated carbocycles. The molecule has 2 aromatic heterocycles. The SMILES string of the molecule is OCC1CN(c2nc3ncc(Br)cc3n2Cc2ccccc2)C1. The summed E-state index contributed by atoms with van der Waals surface area (Å²) >= 11 is 3.50. The van der Waals surface area contributed by atoms with Crippen LogP contribution in [0, 0.1) is 5.92 Å². The molecule has 0 spiro atoms. The minimum atomic E-state index is 0.235. The summed E-state index contributed by atoms with van der Waals surface area (Å²) < 4.78 is 3.15. The molecule has 1 aliphatic heterocycles. The highest BCUT2D eigenvalue weighted by molar-refractivity contribution is 9.10. The molecule has 1 aliphatic rings. The molecule has 6 heteroatoms. The van der Waals surface area contributed by atoms with Gasteiger partial charge in [0.15, 0.2) is 5.65 Å². The second kappa shape index (κ2) is 5.94. The maximum atomic E-state index is 9.26. The Morgan fingerprint density at radius 3 is 2.74 bits per heavy atom. The van der Waals surface area contributed by atoms with Gasteiger partial charge in [0.25, 0.3) is 0 Å². The van der Waals surface area contributed by atoms with E-state index in [2.05, 4.69) is 48.6 Å². The van der Waals surface area contributed by atoms with Crippen molar-refractivity contribution in [2.75, 3.05) is 24.6 Å². The van der Waals surface area contributed by atoms with Crippen molar-refractivity contribution in [3.05, 3.63) is 52.6 Å². The molecular weight excluding hydrogens is 356 g/mol. The third kappa shape index (κ3) is 2.72. The van der Waals surface area contributed by atoms with Crippen molar-refractivity contribution in [2.24, 2.45) is 5.92 Å². The highest BCUT2D eigenvalue weighted by Gasteiger charge is 2.30. The summed E-state index contributed by atoms with van der Waals surface area (Å²) in [5, 5.41) is 9.26. The fourth-order valence-electron chi connectivity index (χ4n) is 2.98. The lowest BCUT2D eigenvalue weighted by Gasteiger charge is -2.39. The zero-order valence-corrected chi connectivity index (χ0v) is 14.1. The molecule has 118 valence electrons. The lowest BCUT2D eigenvalue weighted by Crippen LogP contribution is -2.49. The Labute approximate surface area is 142 Å². The number of rotatable bonds is 4. The normalized spacial score (nSPS) is 15.1. The lowest BCUT2D eigenvalue weighted by atomic mass is 10.0. The number of halogens is 1. The van der Waals surface area contributed by atoms with Gasteiger partial charge in [0.05, 0.1) is 12.1 Å². The molecule has 4 rings (SSSR count). The molecule has 3 heterocycles. The number of anilines is 1. The average molecular weight is 373 g/mol. The Kier molecular flexibility index (Phi) is 3.79. The van der Waals surface area contributed by atoms with Crippen LogP contribution in [0.2, 0.25) is 0 Å². The molecule has 0 atom stereocenters. The van der Waals surface area contributed by atoms with Crippen molar-refractivity contribution in [3.63, 3.8) is 0 Å². The second-order valence-corrected chi connectivity index (χ2v) is 6.85. The van der Waals surface area contributed by atoms with Crippen molar-refractivity contribution in [1.82, 2.24) is 14.5 Å². The number of fused-ring (bicyclic) bond motifs is 1. The highest BCUT2D eigenvalue weighted by Crippen LogP contribution is 2.29. The zero-order valence-electron chi connectivity index (χ0n) is 12.6. The predicted octanol–water partition coefficient (Wildman–Crippen LogP) is 2.67. The van der Waals surface area contributed by atoms with Crippen LogP contribution in [0.1, 0.15) is 5.56 Å². The van der Waals surface area contributed by atoms with Crippen LogP contribution in [0.25, 0.3) is 11.2 Å². The third-order valence-corrected chi connectivity index (χ3v) is 4.67. The van der Waals surface area contributed by atoms with E-state index in [1.165, 1.54) is 5.56 Å². The second-order valence-electron chi connectivity index (χ2n) is 5.93. The standard InChI is InChI=1S/C17H17BrN4O/c18-14-6-15-16(19-7-14)20-17(21-8-13(9-21)11-23)22(15)10-12-4-2-1-3-5-12/h1-7,13,23H,8-11H2. The van der Waals surface area contributed by atoms with E-state index in [0.717, 1.165) is 41.2 Å². The van der Waals surface area contributed by atoms with E-state index < -0.39 is 0 Å². The molecule has 3 aromatic rings. The van der Waals surface area contributed by atoms with E-state index in [1.54, 1.807) is 6.20 Å². The Hall–Kier alpha value is -1.92. The fourth-order valence-corrected chi connectivity index (χ4v) is 3.30. The van der Waals surface area contributed by atoms with Gasteiger partial charge in [0, 0.05) is 36.3 Å². The number of aromatic nitrogens is 3. The number of aliphatic hydroxyl groups is 1. The van der Waals surface area contributed by atoms with Gasteiger partial charge in [-0.05, 0) is 27.6 Å². The van der Waals surface area contributed by atoms with E-state index in [1.807, 2.05) is 18.2 Å². The topological polar surface area (TPSA) is 54.2 Å². The largest absolute Gasteiger partial charge is 0.396 e. The summed E-state index contributed by atoms with van der Waals surface area (Å²) in [4.78, 5) is 11.4. The molecule has 1 N–H and O–H groups in total. The van der Waals surface area contributed by atoms with Crippen LogP contribution in [0.3, 0.4) is 0 Å². The van der Waals surface area contributed by atoms with Crippen molar-refractivity contribution in [3.8, 4) is 0 Å². The van der Waals surface area contributed by atoms with Crippen molar-refractivity contribution in [2.45, 2.75) is 6.54 Å². The number of benzene rings is 1. The van der Waals surface area contributed by atoms with Gasteiger partial charge in [-0.3, -0.25) is 0 Å². The minimum absolute atomic E-state index is 0.235. The van der Waals surface area contributed by atoms with Gasteiger partial charge in [-0.15, -0.1) is 0 Å². The number of nitrogens with zero attached hydrogens (tertiary/aromatic N) is 4. The van der Waals surface area contributed by atoms with Crippen LogP contribution in [-0.4, -0.2) is 39.3 Å². The van der Waals surface area contributed by atoms with Crippen LogP contribution in [-0.2, 0) is 6.54 Å². The maximum Gasteiger partial charge on any atom is 0.208 e. The van der Waals surface area contributed by atoms with Gasteiger partial charge in [-0.1, -0.05) is 30.3 Å². The Bertz CT molecular complexity index is 827.